The molecule has 2 fully saturated rings. The molecule has 0 unspecified atom stereocenters. The van der Waals surface area contributed by atoms with E-state index in [4.69, 9.17) is 0 Å². The van der Waals surface area contributed by atoms with Crippen molar-refractivity contribution in [2.24, 2.45) is 0 Å². The van der Waals surface area contributed by atoms with Gasteiger partial charge in [0.15, 0.2) is 0 Å². The van der Waals surface area contributed by atoms with Crippen molar-refractivity contribution in [2.45, 2.75) is 19.8 Å². The first-order valence-corrected chi connectivity index (χ1v) is 9.70. The molecule has 2 aliphatic heterocycles. The van der Waals surface area contributed by atoms with E-state index in [1.54, 1.807) is 19.1 Å². The topological polar surface area (TPSA) is 99.0 Å². The van der Waals surface area contributed by atoms with Gasteiger partial charge in [-0.3, -0.25) is 29.5 Å². The number of nitro benzene ring substituents is 1. The minimum Gasteiger partial charge on any atom is -0.342 e. The Morgan fingerprint density at radius 2 is 1.64 bits per heavy atom. The van der Waals surface area contributed by atoms with Crippen molar-refractivity contribution in [1.29, 1.82) is 0 Å². The number of hydrogen-bond acceptors (Lipinski definition) is 6. The number of nitrogens with one attached hydrogen (secondary N) is 1. The Bertz CT molecular complexity index is 740. The number of carbonyl (C=O) groups excluding carboxylic acids is 2. The minimum absolute atomic E-state index is 0.0985. The Labute approximate surface area is 164 Å². The maximum Gasteiger partial charge on any atom is 0.293 e. The van der Waals surface area contributed by atoms with Crippen molar-refractivity contribution in [3.63, 3.8) is 0 Å². The van der Waals surface area contributed by atoms with E-state index in [1.807, 2.05) is 9.80 Å². The number of carbonyl (C=O) groups is 2. The van der Waals surface area contributed by atoms with Gasteiger partial charge in [0, 0.05) is 45.3 Å². The number of benzene rings is 1. The highest BCUT2D eigenvalue weighted by atomic mass is 16.6. The quantitative estimate of drug-likeness (QED) is 0.577. The lowest BCUT2D eigenvalue weighted by Crippen LogP contribution is -2.51. The van der Waals surface area contributed by atoms with Crippen molar-refractivity contribution >= 4 is 23.2 Å². The Hall–Kier alpha value is -2.52. The predicted octanol–water partition coefficient (Wildman–Crippen LogP) is 1.08. The third-order valence-electron chi connectivity index (χ3n) is 5.36. The number of nitro groups is 1. The minimum atomic E-state index is -0.487. The van der Waals surface area contributed by atoms with Gasteiger partial charge < -0.3 is 10.2 Å². The molecular formula is C19H27N5O4. The number of para-hydroxylation sites is 1. The molecule has 2 saturated heterocycles. The van der Waals surface area contributed by atoms with Crippen LogP contribution in [0.15, 0.2) is 18.2 Å². The largest absolute Gasteiger partial charge is 0.342 e. The van der Waals surface area contributed by atoms with Gasteiger partial charge in [-0.1, -0.05) is 12.1 Å². The Morgan fingerprint density at radius 1 is 1.04 bits per heavy atom. The zero-order valence-electron chi connectivity index (χ0n) is 16.2. The first kappa shape index (κ1) is 20.2. The molecule has 0 saturated carbocycles. The lowest BCUT2D eigenvalue weighted by Gasteiger charge is -2.34. The van der Waals surface area contributed by atoms with Crippen molar-refractivity contribution in [3.8, 4) is 0 Å². The monoisotopic (exact) mass is 389 g/mol. The van der Waals surface area contributed by atoms with E-state index < -0.39 is 4.92 Å². The second-order valence-corrected chi connectivity index (χ2v) is 7.41. The molecule has 9 nitrogen and oxygen atoms in total. The number of anilines is 1. The summed E-state index contributed by atoms with van der Waals surface area (Å²) < 4.78 is 0. The van der Waals surface area contributed by atoms with E-state index in [0.717, 1.165) is 39.0 Å². The van der Waals surface area contributed by atoms with Gasteiger partial charge in [-0.25, -0.2) is 0 Å². The maximum absolute atomic E-state index is 12.4. The predicted molar refractivity (Wildman–Crippen MR) is 105 cm³/mol. The summed E-state index contributed by atoms with van der Waals surface area (Å²) in [6.45, 7) is 6.93. The molecule has 0 radical (unpaired) electrons. The second-order valence-electron chi connectivity index (χ2n) is 7.41. The van der Waals surface area contributed by atoms with Crippen LogP contribution in [0.25, 0.3) is 0 Å². The number of hydrogen-bond donors (Lipinski definition) is 1. The summed E-state index contributed by atoms with van der Waals surface area (Å²) in [6.07, 6.45) is 2.18. The van der Waals surface area contributed by atoms with Crippen molar-refractivity contribution in [3.05, 3.63) is 33.9 Å². The van der Waals surface area contributed by atoms with Crippen molar-refractivity contribution in [1.82, 2.24) is 14.7 Å². The lowest BCUT2D eigenvalue weighted by molar-refractivity contribution is -0.384. The van der Waals surface area contributed by atoms with Crippen LogP contribution in [0.5, 0.6) is 0 Å². The summed E-state index contributed by atoms with van der Waals surface area (Å²) in [5.41, 5.74) is 0.818. The van der Waals surface area contributed by atoms with E-state index in [2.05, 4.69) is 10.2 Å². The highest BCUT2D eigenvalue weighted by molar-refractivity contribution is 5.95. The fourth-order valence-corrected chi connectivity index (χ4v) is 3.71. The highest BCUT2D eigenvalue weighted by Gasteiger charge is 2.25. The molecule has 28 heavy (non-hydrogen) atoms. The van der Waals surface area contributed by atoms with Gasteiger partial charge in [0.1, 0.15) is 5.69 Å². The molecule has 1 aromatic rings. The molecule has 0 aromatic heterocycles. The van der Waals surface area contributed by atoms with Gasteiger partial charge in [0.25, 0.3) is 5.69 Å². The SMILES string of the molecule is Cc1cccc([N+](=O)[O-])c1NC(=O)CN1CCN(CC(=O)N2CCCC2)CC1. The third kappa shape index (κ3) is 5.05. The van der Waals surface area contributed by atoms with Gasteiger partial charge in [-0.05, 0) is 25.3 Å². The van der Waals surface area contributed by atoms with Gasteiger partial charge in [0.2, 0.25) is 11.8 Å². The number of amides is 2. The molecule has 1 N–H and O–H groups in total. The van der Waals surface area contributed by atoms with E-state index >= 15 is 0 Å². The molecule has 2 heterocycles. The first-order chi connectivity index (χ1) is 13.4. The Morgan fingerprint density at radius 3 is 2.25 bits per heavy atom. The molecule has 0 bridgehead atoms. The van der Waals surface area contributed by atoms with E-state index in [0.29, 0.717) is 25.2 Å². The summed E-state index contributed by atoms with van der Waals surface area (Å²) in [5.74, 6) is -0.0745. The van der Waals surface area contributed by atoms with Crippen LogP contribution in [0.2, 0.25) is 0 Å². The summed E-state index contributed by atoms with van der Waals surface area (Å²) >= 11 is 0. The standard InChI is InChI=1S/C19H27N5O4/c1-15-5-4-6-16(24(27)28)19(15)20-17(25)13-21-9-11-22(12-10-21)14-18(26)23-7-2-3-8-23/h4-6H,2-3,7-14H2,1H3,(H,20,25). The number of piperazine rings is 1. The summed E-state index contributed by atoms with van der Waals surface area (Å²) in [6, 6.07) is 4.73. The van der Waals surface area contributed by atoms with Gasteiger partial charge >= 0.3 is 0 Å². The molecule has 152 valence electrons. The molecule has 2 aliphatic rings. The molecule has 3 rings (SSSR count). The van der Waals surface area contributed by atoms with Gasteiger partial charge in [-0.15, -0.1) is 0 Å². The fourth-order valence-electron chi connectivity index (χ4n) is 3.71. The maximum atomic E-state index is 12.4. The number of aryl methyl sites for hydroxylation is 1. The third-order valence-corrected chi connectivity index (χ3v) is 5.36. The lowest BCUT2D eigenvalue weighted by atomic mass is 10.1. The van der Waals surface area contributed by atoms with Crippen LogP contribution in [0.3, 0.4) is 0 Å². The summed E-state index contributed by atoms with van der Waals surface area (Å²) in [5, 5.41) is 13.9. The number of rotatable bonds is 6. The fraction of sp³-hybridized carbons (Fsp3) is 0.579. The smallest absolute Gasteiger partial charge is 0.293 e. The van der Waals surface area contributed by atoms with Crippen LogP contribution in [0.4, 0.5) is 11.4 Å². The van der Waals surface area contributed by atoms with E-state index in [1.165, 1.54) is 6.07 Å². The zero-order valence-corrected chi connectivity index (χ0v) is 16.2. The average Bonchev–Trinajstić information content (AvgIpc) is 3.19. The number of likely N-dealkylation sites (tertiary alicyclic amines) is 1. The van der Waals surface area contributed by atoms with Crippen LogP contribution in [-0.2, 0) is 9.59 Å². The summed E-state index contributed by atoms with van der Waals surface area (Å²) in [7, 11) is 0. The highest BCUT2D eigenvalue weighted by Crippen LogP contribution is 2.27. The molecule has 2 amide bonds. The molecular weight excluding hydrogens is 362 g/mol. The molecule has 9 heteroatoms. The Balaban J connectivity index is 1.46. The van der Waals surface area contributed by atoms with Gasteiger partial charge in [0.05, 0.1) is 18.0 Å². The normalized spacial score (nSPS) is 18.2. The zero-order chi connectivity index (χ0) is 20.1. The number of nitrogens with zero attached hydrogens (tertiary/aromatic N) is 4. The van der Waals surface area contributed by atoms with Gasteiger partial charge in [-0.2, -0.15) is 0 Å². The van der Waals surface area contributed by atoms with Crippen LogP contribution in [0, 0.1) is 17.0 Å². The molecule has 0 atom stereocenters. The second kappa shape index (κ2) is 9.11. The first-order valence-electron chi connectivity index (χ1n) is 9.70. The van der Waals surface area contributed by atoms with Crippen molar-refractivity contribution in [2.75, 3.05) is 57.7 Å². The molecule has 0 spiro atoms. The molecule has 0 aliphatic carbocycles. The van der Waals surface area contributed by atoms with Crippen LogP contribution in [-0.4, -0.2) is 83.8 Å². The molecule has 1 aromatic carbocycles. The van der Waals surface area contributed by atoms with E-state index in [9.17, 15) is 19.7 Å². The average molecular weight is 389 g/mol. The van der Waals surface area contributed by atoms with E-state index in [-0.39, 0.29) is 29.7 Å². The van der Waals surface area contributed by atoms with Crippen LogP contribution < -0.4 is 5.32 Å². The Kier molecular flexibility index (Phi) is 6.58. The van der Waals surface area contributed by atoms with Crippen LogP contribution >= 0.6 is 0 Å². The summed E-state index contributed by atoms with van der Waals surface area (Å²) in [4.78, 5) is 41.4. The van der Waals surface area contributed by atoms with Crippen molar-refractivity contribution < 1.29 is 14.5 Å². The van der Waals surface area contributed by atoms with Crippen LogP contribution in [0.1, 0.15) is 18.4 Å².